The predicted octanol–water partition coefficient (Wildman–Crippen LogP) is 6.04. The van der Waals surface area contributed by atoms with Crippen molar-refractivity contribution in [2.75, 3.05) is 0 Å². The van der Waals surface area contributed by atoms with E-state index in [1.807, 2.05) is 6.92 Å². The molecule has 168 valence electrons. The van der Waals surface area contributed by atoms with Gasteiger partial charge in [0.05, 0.1) is 0 Å². The van der Waals surface area contributed by atoms with E-state index in [0.717, 1.165) is 36.0 Å². The van der Waals surface area contributed by atoms with Crippen molar-refractivity contribution in [3.63, 3.8) is 0 Å². The number of unbranched alkanes of at least 4 members (excludes halogenated alkanes) is 2. The standard InChI is InChI=1S/C23H42NO4P/c1-9-11-12-13-23(10-2,28-29(25,26)27)20-17(16-24)14-18(21(3,4)5)15-19(20)22(6,7)8/h14-15H,9-13,16,24H2,1-8H3,(H2,25,26,27). The Balaban J connectivity index is 3.92. The van der Waals surface area contributed by atoms with E-state index in [4.69, 9.17) is 10.3 Å². The minimum Gasteiger partial charge on any atom is -0.326 e. The largest absolute Gasteiger partial charge is 0.470 e. The summed E-state index contributed by atoms with van der Waals surface area (Å²) in [7, 11) is -4.71. The molecule has 1 aromatic rings. The first kappa shape index (κ1) is 26.3. The van der Waals surface area contributed by atoms with Crippen molar-refractivity contribution < 1.29 is 18.9 Å². The molecule has 0 aliphatic carbocycles. The summed E-state index contributed by atoms with van der Waals surface area (Å²) >= 11 is 0. The third-order valence-corrected chi connectivity index (χ3v) is 6.21. The maximum absolute atomic E-state index is 12.0. The lowest BCUT2D eigenvalue weighted by molar-refractivity contribution is 0.0147. The fraction of sp³-hybridized carbons (Fsp3) is 0.739. The number of phosphoric acid groups is 1. The van der Waals surface area contributed by atoms with Crippen LogP contribution in [0.25, 0.3) is 0 Å². The van der Waals surface area contributed by atoms with Crippen LogP contribution in [0.3, 0.4) is 0 Å². The highest BCUT2D eigenvalue weighted by atomic mass is 31.2. The Bertz CT molecular complexity index is 728. The van der Waals surface area contributed by atoms with Gasteiger partial charge in [0, 0.05) is 6.54 Å². The molecule has 1 unspecified atom stereocenters. The van der Waals surface area contributed by atoms with Crippen molar-refractivity contribution in [3.05, 3.63) is 34.4 Å². The summed E-state index contributed by atoms with van der Waals surface area (Å²) in [4.78, 5) is 19.6. The molecule has 0 aliphatic rings. The normalized spacial score (nSPS) is 15.4. The molecule has 0 spiro atoms. The summed E-state index contributed by atoms with van der Waals surface area (Å²) in [5.74, 6) is 0. The Labute approximate surface area is 177 Å². The lowest BCUT2D eigenvalue weighted by atomic mass is 9.71. The number of nitrogens with two attached hydrogens (primary N) is 1. The first-order valence-electron chi connectivity index (χ1n) is 10.8. The van der Waals surface area contributed by atoms with Crippen LogP contribution in [-0.2, 0) is 32.1 Å². The van der Waals surface area contributed by atoms with E-state index >= 15 is 0 Å². The predicted molar refractivity (Wildman–Crippen MR) is 121 cm³/mol. The summed E-state index contributed by atoms with van der Waals surface area (Å²) < 4.78 is 17.7. The van der Waals surface area contributed by atoms with Gasteiger partial charge in [-0.05, 0) is 45.9 Å². The zero-order valence-electron chi connectivity index (χ0n) is 19.6. The molecule has 0 aliphatic heterocycles. The molecule has 0 saturated heterocycles. The molecule has 1 aromatic carbocycles. The monoisotopic (exact) mass is 427 g/mol. The van der Waals surface area contributed by atoms with Crippen LogP contribution in [0.2, 0.25) is 0 Å². The van der Waals surface area contributed by atoms with Gasteiger partial charge >= 0.3 is 7.82 Å². The molecule has 1 rings (SSSR count). The SMILES string of the molecule is CCCCCC(CC)(OP(=O)(O)O)c1c(CN)cc(C(C)(C)C)cc1C(C)(C)C. The van der Waals surface area contributed by atoms with Crippen LogP contribution in [0.15, 0.2) is 12.1 Å². The van der Waals surface area contributed by atoms with E-state index in [0.29, 0.717) is 19.4 Å². The van der Waals surface area contributed by atoms with Crippen LogP contribution in [0.4, 0.5) is 0 Å². The van der Waals surface area contributed by atoms with Crippen LogP contribution in [0.1, 0.15) is 110 Å². The summed E-state index contributed by atoms with van der Waals surface area (Å²) in [5, 5.41) is 0. The van der Waals surface area contributed by atoms with Gasteiger partial charge in [0.25, 0.3) is 0 Å². The third kappa shape index (κ3) is 6.90. The summed E-state index contributed by atoms with van der Waals surface area (Å²) in [6, 6.07) is 4.28. The fourth-order valence-electron chi connectivity index (χ4n) is 3.95. The van der Waals surface area contributed by atoms with Gasteiger partial charge < -0.3 is 15.5 Å². The maximum atomic E-state index is 12.0. The molecule has 5 nitrogen and oxygen atoms in total. The molecule has 0 fully saturated rings. The van der Waals surface area contributed by atoms with Crippen molar-refractivity contribution in [1.82, 2.24) is 0 Å². The van der Waals surface area contributed by atoms with Gasteiger partial charge in [0.1, 0.15) is 5.60 Å². The summed E-state index contributed by atoms with van der Waals surface area (Å²) in [6.45, 7) is 17.2. The highest BCUT2D eigenvalue weighted by Crippen LogP contribution is 2.52. The summed E-state index contributed by atoms with van der Waals surface area (Å²) in [5.41, 5.74) is 8.83. The second-order valence-corrected chi connectivity index (χ2v) is 11.3. The number of phosphoric ester groups is 1. The Morgan fingerprint density at radius 3 is 1.97 bits per heavy atom. The highest BCUT2D eigenvalue weighted by molar-refractivity contribution is 7.46. The second kappa shape index (κ2) is 9.62. The first-order chi connectivity index (χ1) is 13.1. The van der Waals surface area contributed by atoms with Gasteiger partial charge in [-0.2, -0.15) is 0 Å². The molecule has 0 bridgehead atoms. The molecule has 0 radical (unpaired) electrons. The quantitative estimate of drug-likeness (QED) is 0.330. The molecule has 0 heterocycles. The molecule has 0 amide bonds. The fourth-order valence-corrected chi connectivity index (χ4v) is 4.72. The van der Waals surface area contributed by atoms with Gasteiger partial charge in [-0.1, -0.05) is 86.8 Å². The van der Waals surface area contributed by atoms with Crippen molar-refractivity contribution in [2.24, 2.45) is 5.73 Å². The van der Waals surface area contributed by atoms with E-state index < -0.39 is 13.4 Å². The van der Waals surface area contributed by atoms with Crippen LogP contribution in [-0.4, -0.2) is 9.79 Å². The summed E-state index contributed by atoms with van der Waals surface area (Å²) in [6.07, 6.45) is 3.85. The van der Waals surface area contributed by atoms with Crippen molar-refractivity contribution in [3.8, 4) is 0 Å². The number of benzene rings is 1. The lowest BCUT2D eigenvalue weighted by Gasteiger charge is -2.40. The van der Waals surface area contributed by atoms with Gasteiger partial charge in [-0.3, -0.25) is 4.52 Å². The third-order valence-electron chi connectivity index (χ3n) is 5.62. The van der Waals surface area contributed by atoms with Crippen LogP contribution >= 0.6 is 7.82 Å². The highest BCUT2D eigenvalue weighted by Gasteiger charge is 2.42. The maximum Gasteiger partial charge on any atom is 0.470 e. The molecular formula is C23H42NO4P. The van der Waals surface area contributed by atoms with E-state index in [2.05, 4.69) is 60.6 Å². The first-order valence-corrected chi connectivity index (χ1v) is 12.3. The molecule has 29 heavy (non-hydrogen) atoms. The van der Waals surface area contributed by atoms with E-state index in [1.165, 1.54) is 5.56 Å². The second-order valence-electron chi connectivity index (χ2n) is 10.1. The number of hydrogen-bond acceptors (Lipinski definition) is 3. The molecule has 6 heteroatoms. The van der Waals surface area contributed by atoms with Crippen LogP contribution in [0.5, 0.6) is 0 Å². The van der Waals surface area contributed by atoms with E-state index in [1.54, 1.807) is 0 Å². The average molecular weight is 428 g/mol. The average Bonchev–Trinajstić information content (AvgIpc) is 2.57. The van der Waals surface area contributed by atoms with Crippen LogP contribution in [0, 0.1) is 0 Å². The van der Waals surface area contributed by atoms with Crippen molar-refractivity contribution in [2.45, 2.75) is 110 Å². The zero-order valence-corrected chi connectivity index (χ0v) is 20.5. The minimum atomic E-state index is -4.71. The zero-order chi connectivity index (χ0) is 22.7. The van der Waals surface area contributed by atoms with Gasteiger partial charge in [0.15, 0.2) is 0 Å². The van der Waals surface area contributed by atoms with E-state index in [9.17, 15) is 14.4 Å². The number of rotatable bonds is 9. The molecule has 1 atom stereocenters. The Kier molecular flexibility index (Phi) is 8.73. The Morgan fingerprint density at radius 2 is 1.59 bits per heavy atom. The Hall–Kier alpha value is -0.710. The van der Waals surface area contributed by atoms with E-state index in [-0.39, 0.29) is 10.8 Å². The smallest absolute Gasteiger partial charge is 0.326 e. The topological polar surface area (TPSA) is 92.8 Å². The van der Waals surface area contributed by atoms with Crippen LogP contribution < -0.4 is 5.73 Å². The van der Waals surface area contributed by atoms with Crippen molar-refractivity contribution >= 4 is 7.82 Å². The lowest BCUT2D eigenvalue weighted by Crippen LogP contribution is -2.34. The molecular weight excluding hydrogens is 385 g/mol. The van der Waals surface area contributed by atoms with Crippen molar-refractivity contribution in [1.29, 1.82) is 0 Å². The molecule has 4 N–H and O–H groups in total. The van der Waals surface area contributed by atoms with Gasteiger partial charge in [-0.15, -0.1) is 0 Å². The molecule has 0 aromatic heterocycles. The van der Waals surface area contributed by atoms with Gasteiger partial charge in [-0.25, -0.2) is 4.57 Å². The molecule has 0 saturated carbocycles. The number of hydrogen-bond donors (Lipinski definition) is 3. The Morgan fingerprint density at radius 1 is 1.00 bits per heavy atom. The minimum absolute atomic E-state index is 0.0658. The van der Waals surface area contributed by atoms with Gasteiger partial charge in [0.2, 0.25) is 0 Å².